The molecular formula is C13H21NO3. The Balaban J connectivity index is 2.82. The molecule has 1 rings (SSSR count). The van der Waals surface area contributed by atoms with Crippen LogP contribution in [0.2, 0.25) is 0 Å². The number of methoxy groups -OCH3 is 1. The summed E-state index contributed by atoms with van der Waals surface area (Å²) in [4.78, 5) is 23.6. The number of Topliss-reactive ketones (excluding diaryl/α,β-unsaturated/α-hetero) is 1. The molecule has 4 nitrogen and oxygen atoms in total. The average molecular weight is 239 g/mol. The maximum atomic E-state index is 12.0. The Hall–Kier alpha value is -1.16. The van der Waals surface area contributed by atoms with Crippen molar-refractivity contribution in [3.05, 3.63) is 12.2 Å². The first-order valence-electron chi connectivity index (χ1n) is 6.13. The van der Waals surface area contributed by atoms with Gasteiger partial charge in [-0.2, -0.15) is 0 Å². The zero-order valence-corrected chi connectivity index (χ0v) is 10.7. The van der Waals surface area contributed by atoms with Gasteiger partial charge in [0, 0.05) is 18.5 Å². The minimum atomic E-state index is -0.638. The molecule has 0 aliphatic carbocycles. The predicted molar refractivity (Wildman–Crippen MR) is 65.6 cm³/mol. The van der Waals surface area contributed by atoms with Crippen LogP contribution < -0.4 is 5.32 Å². The van der Waals surface area contributed by atoms with E-state index in [1.165, 1.54) is 7.11 Å². The zero-order chi connectivity index (χ0) is 12.8. The van der Waals surface area contributed by atoms with Gasteiger partial charge in [-0.05, 0) is 13.3 Å². The largest absolute Gasteiger partial charge is 0.468 e. The SMILES string of the molecule is C/C=C/[C@H]1CC(=O)[C@H](C(=O)OC)[C@@H](CCC)N1. The van der Waals surface area contributed by atoms with E-state index in [1.807, 2.05) is 26.0 Å². The maximum Gasteiger partial charge on any atom is 0.317 e. The van der Waals surface area contributed by atoms with Crippen LogP contribution in [0.4, 0.5) is 0 Å². The Morgan fingerprint density at radius 3 is 2.82 bits per heavy atom. The minimum Gasteiger partial charge on any atom is -0.468 e. The molecule has 96 valence electrons. The number of carbonyl (C=O) groups is 2. The van der Waals surface area contributed by atoms with Crippen molar-refractivity contribution in [2.24, 2.45) is 5.92 Å². The number of carbonyl (C=O) groups excluding carboxylic acids is 2. The molecule has 0 saturated carbocycles. The number of ether oxygens (including phenoxy) is 1. The van der Waals surface area contributed by atoms with Crippen molar-refractivity contribution >= 4 is 11.8 Å². The fraction of sp³-hybridized carbons (Fsp3) is 0.692. The van der Waals surface area contributed by atoms with Crippen LogP contribution in [0.3, 0.4) is 0 Å². The normalized spacial score (nSPS) is 29.6. The zero-order valence-electron chi connectivity index (χ0n) is 10.7. The van der Waals surface area contributed by atoms with E-state index in [0.29, 0.717) is 6.42 Å². The lowest BCUT2D eigenvalue weighted by molar-refractivity contribution is -0.152. The highest BCUT2D eigenvalue weighted by Gasteiger charge is 2.40. The van der Waals surface area contributed by atoms with Gasteiger partial charge in [0.1, 0.15) is 5.92 Å². The van der Waals surface area contributed by atoms with E-state index in [-0.39, 0.29) is 17.9 Å². The van der Waals surface area contributed by atoms with Crippen LogP contribution in [0.5, 0.6) is 0 Å². The molecule has 0 aromatic rings. The van der Waals surface area contributed by atoms with Crippen molar-refractivity contribution in [1.82, 2.24) is 5.32 Å². The molecule has 3 atom stereocenters. The second kappa shape index (κ2) is 6.55. The molecule has 1 heterocycles. The molecule has 1 aliphatic heterocycles. The van der Waals surface area contributed by atoms with Crippen molar-refractivity contribution in [3.8, 4) is 0 Å². The van der Waals surface area contributed by atoms with Crippen LogP contribution >= 0.6 is 0 Å². The number of esters is 1. The van der Waals surface area contributed by atoms with Gasteiger partial charge in [0.2, 0.25) is 0 Å². The quantitative estimate of drug-likeness (QED) is 0.458. The Labute approximate surface area is 102 Å². The molecule has 1 saturated heterocycles. The third-order valence-electron chi connectivity index (χ3n) is 3.08. The molecular weight excluding hydrogens is 218 g/mol. The number of piperidine rings is 1. The van der Waals surface area contributed by atoms with Gasteiger partial charge in [-0.15, -0.1) is 0 Å². The summed E-state index contributed by atoms with van der Waals surface area (Å²) in [6.45, 7) is 3.97. The summed E-state index contributed by atoms with van der Waals surface area (Å²) in [5.74, 6) is -1.07. The topological polar surface area (TPSA) is 55.4 Å². The summed E-state index contributed by atoms with van der Waals surface area (Å²) in [7, 11) is 1.33. The fourth-order valence-corrected chi connectivity index (χ4v) is 2.34. The van der Waals surface area contributed by atoms with E-state index < -0.39 is 11.9 Å². The molecule has 0 bridgehead atoms. The highest BCUT2D eigenvalue weighted by molar-refractivity contribution is 6.00. The van der Waals surface area contributed by atoms with Crippen molar-refractivity contribution < 1.29 is 14.3 Å². The smallest absolute Gasteiger partial charge is 0.317 e. The third-order valence-corrected chi connectivity index (χ3v) is 3.08. The number of nitrogens with one attached hydrogen (secondary N) is 1. The van der Waals surface area contributed by atoms with E-state index >= 15 is 0 Å². The van der Waals surface area contributed by atoms with Crippen molar-refractivity contribution in [2.45, 2.75) is 45.2 Å². The van der Waals surface area contributed by atoms with E-state index in [4.69, 9.17) is 4.74 Å². The van der Waals surface area contributed by atoms with Gasteiger partial charge in [0.15, 0.2) is 5.78 Å². The summed E-state index contributed by atoms with van der Waals surface area (Å²) in [5, 5.41) is 3.34. The molecule has 0 radical (unpaired) electrons. The maximum absolute atomic E-state index is 12.0. The van der Waals surface area contributed by atoms with Gasteiger partial charge in [-0.25, -0.2) is 0 Å². The Morgan fingerprint density at radius 1 is 1.59 bits per heavy atom. The first-order chi connectivity index (χ1) is 8.13. The van der Waals surface area contributed by atoms with Gasteiger partial charge < -0.3 is 10.1 Å². The summed E-state index contributed by atoms with van der Waals surface area (Å²) in [6, 6.07) is -0.0557. The van der Waals surface area contributed by atoms with E-state index in [0.717, 1.165) is 12.8 Å². The second-order valence-electron chi connectivity index (χ2n) is 4.37. The number of hydrogen-bond donors (Lipinski definition) is 1. The monoisotopic (exact) mass is 239 g/mol. The lowest BCUT2D eigenvalue weighted by atomic mass is 9.84. The Kier molecular flexibility index (Phi) is 5.35. The van der Waals surface area contributed by atoms with Gasteiger partial charge in [0.05, 0.1) is 7.11 Å². The highest BCUT2D eigenvalue weighted by atomic mass is 16.5. The van der Waals surface area contributed by atoms with E-state index in [9.17, 15) is 9.59 Å². The van der Waals surface area contributed by atoms with Crippen LogP contribution in [-0.4, -0.2) is 30.9 Å². The lowest BCUT2D eigenvalue weighted by Crippen LogP contribution is -2.54. The number of rotatable bonds is 4. The molecule has 17 heavy (non-hydrogen) atoms. The summed E-state index contributed by atoms with van der Waals surface area (Å²) >= 11 is 0. The lowest BCUT2D eigenvalue weighted by Gasteiger charge is -2.33. The third kappa shape index (κ3) is 3.40. The van der Waals surface area contributed by atoms with E-state index in [2.05, 4.69) is 5.32 Å². The number of allylic oxidation sites excluding steroid dienone is 1. The van der Waals surface area contributed by atoms with Crippen LogP contribution in [0.15, 0.2) is 12.2 Å². The number of ketones is 1. The second-order valence-corrected chi connectivity index (χ2v) is 4.37. The molecule has 1 fully saturated rings. The molecule has 1 N–H and O–H groups in total. The Bertz CT molecular complexity index is 312. The summed E-state index contributed by atoms with van der Waals surface area (Å²) < 4.78 is 4.71. The predicted octanol–water partition coefficient (Wildman–Crippen LogP) is 1.45. The first kappa shape index (κ1) is 13.9. The van der Waals surface area contributed by atoms with Crippen molar-refractivity contribution in [3.63, 3.8) is 0 Å². The van der Waals surface area contributed by atoms with E-state index in [1.54, 1.807) is 0 Å². The molecule has 4 heteroatoms. The van der Waals surface area contributed by atoms with Crippen LogP contribution in [0, 0.1) is 5.92 Å². The molecule has 0 aromatic heterocycles. The first-order valence-corrected chi connectivity index (χ1v) is 6.13. The summed E-state index contributed by atoms with van der Waals surface area (Å²) in [6.07, 6.45) is 5.99. The average Bonchev–Trinajstić information content (AvgIpc) is 2.29. The molecule has 0 unspecified atom stereocenters. The fourth-order valence-electron chi connectivity index (χ4n) is 2.34. The Morgan fingerprint density at radius 2 is 2.29 bits per heavy atom. The van der Waals surface area contributed by atoms with Gasteiger partial charge in [-0.3, -0.25) is 9.59 Å². The van der Waals surface area contributed by atoms with Crippen molar-refractivity contribution in [2.75, 3.05) is 7.11 Å². The van der Waals surface area contributed by atoms with Crippen molar-refractivity contribution in [1.29, 1.82) is 0 Å². The van der Waals surface area contributed by atoms with Gasteiger partial charge in [0.25, 0.3) is 0 Å². The van der Waals surface area contributed by atoms with Gasteiger partial charge in [-0.1, -0.05) is 25.5 Å². The van der Waals surface area contributed by atoms with Gasteiger partial charge >= 0.3 is 5.97 Å². The van der Waals surface area contributed by atoms with Crippen LogP contribution in [-0.2, 0) is 14.3 Å². The molecule has 0 spiro atoms. The van der Waals surface area contributed by atoms with Crippen LogP contribution in [0.1, 0.15) is 33.1 Å². The highest BCUT2D eigenvalue weighted by Crippen LogP contribution is 2.22. The minimum absolute atomic E-state index is 0.0165. The standard InChI is InChI=1S/C13H21NO3/c1-4-6-9-8-11(15)12(13(16)17-3)10(14-9)7-5-2/h4,6,9-10,12,14H,5,7-8H2,1-3H3/b6-4+/t9-,10+,12+/m0/s1. The number of hydrogen-bond acceptors (Lipinski definition) is 4. The molecule has 1 aliphatic rings. The summed E-state index contributed by atoms with van der Waals surface area (Å²) in [5.41, 5.74) is 0. The molecule has 0 aromatic carbocycles. The van der Waals surface area contributed by atoms with Crippen LogP contribution in [0.25, 0.3) is 0 Å². The molecule has 0 amide bonds.